The van der Waals surface area contributed by atoms with E-state index in [1.54, 1.807) is 24.4 Å². The van der Waals surface area contributed by atoms with Gasteiger partial charge in [-0.3, -0.25) is 10.00 Å². The van der Waals surface area contributed by atoms with E-state index in [9.17, 15) is 9.18 Å². The number of nitrogens with one attached hydrogen (secondary N) is 1. The molecular formula is C32H33ClF2N6O5. The Morgan fingerprint density at radius 2 is 2.07 bits per heavy atom. The largest absolute Gasteiger partial charge is 0.508 e. The second kappa shape index (κ2) is 11.8. The molecule has 14 heteroatoms. The topological polar surface area (TPSA) is 115 Å². The van der Waals surface area contributed by atoms with Crippen LogP contribution in [0.25, 0.3) is 32.9 Å². The van der Waals surface area contributed by atoms with Crippen LogP contribution in [0.2, 0.25) is 5.02 Å². The number of H-pyrrole nitrogens is 1. The summed E-state index contributed by atoms with van der Waals surface area (Å²) in [4.78, 5) is 26.1. The van der Waals surface area contributed by atoms with Gasteiger partial charge in [0.25, 0.3) is 0 Å². The lowest BCUT2D eigenvalue weighted by molar-refractivity contribution is -0.00448. The van der Waals surface area contributed by atoms with Gasteiger partial charge >= 0.3 is 12.2 Å². The van der Waals surface area contributed by atoms with E-state index in [0.29, 0.717) is 82.8 Å². The minimum Gasteiger partial charge on any atom is -0.461 e. The molecule has 46 heavy (non-hydrogen) atoms. The predicted octanol–water partition coefficient (Wildman–Crippen LogP) is 5.23. The number of anilines is 1. The normalized spacial score (nSPS) is 25.5. The molecule has 3 saturated heterocycles. The Bertz CT molecular complexity index is 1830. The molecule has 1 N–H and O–H groups in total. The molecule has 2 aromatic carbocycles. The van der Waals surface area contributed by atoms with Crippen molar-refractivity contribution in [3.63, 3.8) is 0 Å². The van der Waals surface area contributed by atoms with E-state index < -0.39 is 29.8 Å². The van der Waals surface area contributed by atoms with Gasteiger partial charge in [-0.15, -0.1) is 0 Å². The summed E-state index contributed by atoms with van der Waals surface area (Å²) in [6.45, 7) is 2.61. The average Bonchev–Trinajstić information content (AvgIpc) is 3.68. The molecule has 3 atom stereocenters. The van der Waals surface area contributed by atoms with E-state index in [2.05, 4.69) is 20.1 Å². The van der Waals surface area contributed by atoms with Gasteiger partial charge in [0.2, 0.25) is 0 Å². The second-order valence-electron chi connectivity index (χ2n) is 12.5. The number of carbonyl (C=O) groups is 1. The lowest BCUT2D eigenvalue weighted by Gasteiger charge is -2.31. The van der Waals surface area contributed by atoms with E-state index in [0.717, 1.165) is 19.4 Å². The van der Waals surface area contributed by atoms with Crippen LogP contribution >= 0.6 is 11.6 Å². The number of rotatable bonds is 3. The van der Waals surface area contributed by atoms with Crippen molar-refractivity contribution in [2.45, 2.75) is 49.9 Å². The molecule has 11 nitrogen and oxygen atoms in total. The summed E-state index contributed by atoms with van der Waals surface area (Å²) in [6.07, 6.45) is 2.24. The first-order valence-corrected chi connectivity index (χ1v) is 16.1. The Hall–Kier alpha value is -3.81. The van der Waals surface area contributed by atoms with Crippen molar-refractivity contribution in [3.8, 4) is 17.1 Å². The maximum Gasteiger partial charge on any atom is 0.508 e. The zero-order chi connectivity index (χ0) is 31.4. The molecule has 9 rings (SSSR count). The first kappa shape index (κ1) is 29.6. The molecule has 5 aliphatic heterocycles. The van der Waals surface area contributed by atoms with Crippen LogP contribution in [0.1, 0.15) is 31.2 Å². The zero-order valence-corrected chi connectivity index (χ0v) is 25.8. The minimum atomic E-state index is -0.920. The van der Waals surface area contributed by atoms with Crippen molar-refractivity contribution in [3.05, 3.63) is 40.8 Å². The van der Waals surface area contributed by atoms with Gasteiger partial charge in [0.15, 0.2) is 5.82 Å². The van der Waals surface area contributed by atoms with Gasteiger partial charge in [0.1, 0.15) is 30.2 Å². The van der Waals surface area contributed by atoms with Crippen LogP contribution in [0.3, 0.4) is 0 Å². The molecule has 0 unspecified atom stereocenters. The van der Waals surface area contributed by atoms with E-state index in [4.69, 9.17) is 35.5 Å². The van der Waals surface area contributed by atoms with Gasteiger partial charge in [-0.05, 0) is 49.9 Å². The van der Waals surface area contributed by atoms with Crippen molar-refractivity contribution in [2.24, 2.45) is 0 Å². The van der Waals surface area contributed by atoms with Crippen molar-refractivity contribution >= 4 is 45.4 Å². The highest BCUT2D eigenvalue weighted by Crippen LogP contribution is 2.43. The zero-order valence-electron chi connectivity index (χ0n) is 25.1. The molecular weight excluding hydrogens is 622 g/mol. The molecule has 0 radical (unpaired) electrons. The van der Waals surface area contributed by atoms with Crippen LogP contribution in [-0.2, 0) is 20.6 Å². The highest BCUT2D eigenvalue weighted by molar-refractivity contribution is 6.33. The van der Waals surface area contributed by atoms with Gasteiger partial charge in [0.05, 0.1) is 43.6 Å². The Morgan fingerprint density at radius 3 is 2.98 bits per heavy atom. The van der Waals surface area contributed by atoms with E-state index >= 15 is 4.39 Å². The van der Waals surface area contributed by atoms with Crippen molar-refractivity contribution in [1.29, 1.82) is 0 Å². The summed E-state index contributed by atoms with van der Waals surface area (Å²) in [5, 5.41) is 8.71. The molecule has 4 aromatic rings. The third-order valence-electron chi connectivity index (χ3n) is 9.65. The predicted molar refractivity (Wildman–Crippen MR) is 166 cm³/mol. The fraction of sp³-hybridized carbons (Fsp3) is 0.500. The van der Waals surface area contributed by atoms with Crippen LogP contribution in [0, 0.1) is 5.82 Å². The second-order valence-corrected chi connectivity index (χ2v) is 12.9. The van der Waals surface area contributed by atoms with Crippen LogP contribution in [0.15, 0.2) is 24.4 Å². The summed E-state index contributed by atoms with van der Waals surface area (Å²) in [6, 6.07) is 5.27. The molecule has 0 aliphatic carbocycles. The highest BCUT2D eigenvalue weighted by Gasteiger charge is 2.49. The lowest BCUT2D eigenvalue weighted by Crippen LogP contribution is -2.43. The van der Waals surface area contributed by atoms with Gasteiger partial charge in [-0.25, -0.2) is 13.6 Å². The van der Waals surface area contributed by atoms with Crippen molar-refractivity contribution in [2.75, 3.05) is 57.5 Å². The third-order valence-corrected chi connectivity index (χ3v) is 9.99. The number of aromatic amines is 1. The number of carbonyl (C=O) groups excluding carboxylic acids is 1. The number of ether oxygens (including phenoxy) is 4. The fourth-order valence-corrected chi connectivity index (χ4v) is 7.84. The minimum absolute atomic E-state index is 0.00924. The van der Waals surface area contributed by atoms with Gasteiger partial charge in [-0.1, -0.05) is 17.7 Å². The standard InChI is InChI=1S/C32H33ClF2N6O5/c33-24-11-25-23(13-36-39-25)26-20(24)3-1-9-44-31(42)46-19-15-40(8-10-43-16-19)29-22-5-4-21(26)27(35)28(22)37-30(38-29)45-17-32-6-2-7-41(32)14-18(34)12-32/h4-5,11,13,18-19H,1-3,6-10,12,14-17H2,(H,36,39)/t18-,19+,32+/m1/s1. The molecule has 5 aliphatic rings. The highest BCUT2D eigenvalue weighted by atomic mass is 35.5. The molecule has 2 aromatic heterocycles. The summed E-state index contributed by atoms with van der Waals surface area (Å²) in [5.41, 5.74) is 1.86. The summed E-state index contributed by atoms with van der Waals surface area (Å²) >= 11 is 6.78. The summed E-state index contributed by atoms with van der Waals surface area (Å²) < 4.78 is 54.6. The number of alkyl halides is 1. The maximum atomic E-state index is 17.0. The summed E-state index contributed by atoms with van der Waals surface area (Å²) in [7, 11) is 0. The number of nitrogens with zero attached hydrogens (tertiary/aromatic N) is 5. The molecule has 6 bridgehead atoms. The fourth-order valence-electron chi connectivity index (χ4n) is 7.54. The molecule has 0 amide bonds. The quantitative estimate of drug-likeness (QED) is 0.295. The van der Waals surface area contributed by atoms with Gasteiger partial charge < -0.3 is 23.8 Å². The Balaban J connectivity index is 1.30. The molecule has 0 spiro atoms. The van der Waals surface area contributed by atoms with Crippen LogP contribution in [-0.4, -0.2) is 102 Å². The number of aromatic nitrogens is 4. The first-order chi connectivity index (χ1) is 22.4. The average molecular weight is 655 g/mol. The summed E-state index contributed by atoms with van der Waals surface area (Å²) in [5.74, 6) is -0.139. The number of benzene rings is 2. The van der Waals surface area contributed by atoms with E-state index in [1.165, 1.54) is 0 Å². The Labute approximate surface area is 268 Å². The number of hydrogen-bond acceptors (Lipinski definition) is 10. The maximum absolute atomic E-state index is 17.0. The van der Waals surface area contributed by atoms with Crippen LogP contribution < -0.4 is 9.64 Å². The monoisotopic (exact) mass is 654 g/mol. The van der Waals surface area contributed by atoms with E-state index in [-0.39, 0.29) is 37.9 Å². The molecule has 0 saturated carbocycles. The SMILES string of the molecule is O=C1OCCCc2c(Cl)cc3[nH]ncc3c2-c2ccc3c(nc(OC[C@@]45CCCN4C[C@H](F)C5)nc3c2F)N2CCOC[C@H](C2)O1. The van der Waals surface area contributed by atoms with Crippen LogP contribution in [0.4, 0.5) is 19.4 Å². The third kappa shape index (κ3) is 5.18. The molecule has 3 fully saturated rings. The Kier molecular flexibility index (Phi) is 7.57. The van der Waals surface area contributed by atoms with Crippen LogP contribution in [0.5, 0.6) is 6.01 Å². The smallest absolute Gasteiger partial charge is 0.461 e. The van der Waals surface area contributed by atoms with Crippen molar-refractivity contribution < 1.29 is 32.5 Å². The molecule has 7 heterocycles. The van der Waals surface area contributed by atoms with Crippen molar-refractivity contribution in [1.82, 2.24) is 25.1 Å². The van der Waals surface area contributed by atoms with E-state index in [1.807, 2.05) is 4.90 Å². The number of halogens is 3. The Morgan fingerprint density at radius 1 is 1.15 bits per heavy atom. The number of hydrogen-bond donors (Lipinski definition) is 1. The van der Waals surface area contributed by atoms with Gasteiger partial charge in [0, 0.05) is 46.4 Å². The van der Waals surface area contributed by atoms with Gasteiger partial charge in [-0.2, -0.15) is 15.1 Å². The number of fused-ring (bicyclic) bond motifs is 8. The first-order valence-electron chi connectivity index (χ1n) is 15.7. The molecule has 242 valence electrons. The lowest BCUT2D eigenvalue weighted by atomic mass is 9.92.